The summed E-state index contributed by atoms with van der Waals surface area (Å²) in [6.45, 7) is 0. The fourth-order valence-corrected chi connectivity index (χ4v) is 5.27. The van der Waals surface area contributed by atoms with Gasteiger partial charge in [0.15, 0.2) is 0 Å². The van der Waals surface area contributed by atoms with E-state index in [1.165, 1.54) is 5.30 Å². The number of hydrogen-bond acceptors (Lipinski definition) is 3. The van der Waals surface area contributed by atoms with Crippen LogP contribution in [0.4, 0.5) is 0 Å². The van der Waals surface area contributed by atoms with Gasteiger partial charge in [0.25, 0.3) is 0 Å². The Balaban J connectivity index is 2.20. The van der Waals surface area contributed by atoms with Crippen molar-refractivity contribution in [2.75, 3.05) is 21.3 Å². The number of rotatable bonds is 6. The van der Waals surface area contributed by atoms with Crippen molar-refractivity contribution in [2.24, 2.45) is 0 Å². The van der Waals surface area contributed by atoms with Gasteiger partial charge in [0.1, 0.15) is 17.2 Å². The predicted molar refractivity (Wildman–Crippen MR) is 105 cm³/mol. The number of para-hydroxylation sites is 2. The third-order valence-electron chi connectivity index (χ3n) is 3.98. The molecule has 0 radical (unpaired) electrons. The van der Waals surface area contributed by atoms with E-state index in [-0.39, 0.29) is 0 Å². The maximum absolute atomic E-state index is 5.64. The minimum Gasteiger partial charge on any atom is -0.497 e. The van der Waals surface area contributed by atoms with E-state index in [1.807, 2.05) is 48.5 Å². The van der Waals surface area contributed by atoms with Gasteiger partial charge in [-0.05, 0) is 37.5 Å². The largest absolute Gasteiger partial charge is 0.497 e. The zero-order valence-electron chi connectivity index (χ0n) is 14.6. The quantitative estimate of drug-likeness (QED) is 0.636. The van der Waals surface area contributed by atoms with Crippen LogP contribution in [0, 0.1) is 0 Å². The molecule has 3 nitrogen and oxygen atoms in total. The SMILES string of the molecule is COc1ccc(P(c2ccccc2OC)c2ccccc2OC)cc1. The maximum atomic E-state index is 5.64. The van der Waals surface area contributed by atoms with Crippen molar-refractivity contribution in [1.82, 2.24) is 0 Å². The van der Waals surface area contributed by atoms with Crippen LogP contribution in [0.1, 0.15) is 0 Å². The number of hydrogen-bond donors (Lipinski definition) is 0. The van der Waals surface area contributed by atoms with Gasteiger partial charge in [-0.15, -0.1) is 0 Å². The highest BCUT2D eigenvalue weighted by atomic mass is 31.1. The van der Waals surface area contributed by atoms with E-state index in [2.05, 4.69) is 24.3 Å². The Morgan fingerprint density at radius 1 is 0.560 bits per heavy atom. The minimum absolute atomic E-state index is 0.822. The third-order valence-corrected chi connectivity index (χ3v) is 6.50. The van der Waals surface area contributed by atoms with Crippen LogP contribution >= 0.6 is 7.92 Å². The molecule has 4 heteroatoms. The molecule has 0 aliphatic heterocycles. The van der Waals surface area contributed by atoms with Crippen LogP contribution in [0.5, 0.6) is 17.2 Å². The average molecular weight is 352 g/mol. The van der Waals surface area contributed by atoms with E-state index in [0.717, 1.165) is 27.9 Å². The molecule has 0 aliphatic carbocycles. The summed E-state index contributed by atoms with van der Waals surface area (Å²) in [5.74, 6) is 2.62. The minimum atomic E-state index is -0.822. The molecule has 0 fully saturated rings. The summed E-state index contributed by atoms with van der Waals surface area (Å²) in [6, 6.07) is 24.6. The van der Waals surface area contributed by atoms with Gasteiger partial charge < -0.3 is 14.2 Å². The van der Waals surface area contributed by atoms with Crippen LogP contribution in [-0.4, -0.2) is 21.3 Å². The monoisotopic (exact) mass is 352 g/mol. The molecule has 0 unspecified atom stereocenters. The lowest BCUT2D eigenvalue weighted by Crippen LogP contribution is -2.23. The first-order valence-corrected chi connectivity index (χ1v) is 9.33. The van der Waals surface area contributed by atoms with E-state index in [1.54, 1.807) is 21.3 Å². The van der Waals surface area contributed by atoms with E-state index in [0.29, 0.717) is 0 Å². The summed E-state index contributed by atoms with van der Waals surface area (Å²) in [5, 5.41) is 3.54. The molecule has 3 rings (SSSR count). The van der Waals surface area contributed by atoms with Gasteiger partial charge in [-0.1, -0.05) is 48.5 Å². The zero-order valence-corrected chi connectivity index (χ0v) is 15.5. The Labute approximate surface area is 149 Å². The molecule has 3 aromatic rings. The topological polar surface area (TPSA) is 27.7 Å². The number of benzene rings is 3. The van der Waals surface area contributed by atoms with E-state index >= 15 is 0 Å². The summed E-state index contributed by atoms with van der Waals surface area (Å²) in [6.07, 6.45) is 0. The van der Waals surface area contributed by atoms with Crippen LogP contribution in [0.2, 0.25) is 0 Å². The first-order chi connectivity index (χ1) is 12.3. The second kappa shape index (κ2) is 8.04. The maximum Gasteiger partial charge on any atom is 0.127 e. The molecule has 0 aliphatic rings. The summed E-state index contributed by atoms with van der Waals surface area (Å²) >= 11 is 0. The van der Waals surface area contributed by atoms with Crippen molar-refractivity contribution >= 4 is 23.8 Å². The molecule has 0 heterocycles. The van der Waals surface area contributed by atoms with Crippen LogP contribution in [0.3, 0.4) is 0 Å². The van der Waals surface area contributed by atoms with Crippen molar-refractivity contribution in [1.29, 1.82) is 0 Å². The molecule has 128 valence electrons. The predicted octanol–water partition coefficient (Wildman–Crippen LogP) is 3.47. The molecule has 25 heavy (non-hydrogen) atoms. The molecule has 0 spiro atoms. The zero-order chi connectivity index (χ0) is 17.6. The fraction of sp³-hybridized carbons (Fsp3) is 0.143. The molecule has 0 saturated heterocycles. The van der Waals surface area contributed by atoms with Crippen LogP contribution in [0.15, 0.2) is 72.8 Å². The molecule has 0 atom stereocenters. The van der Waals surface area contributed by atoms with Crippen molar-refractivity contribution < 1.29 is 14.2 Å². The molecular formula is C21H21O3P. The van der Waals surface area contributed by atoms with E-state index in [4.69, 9.17) is 14.2 Å². The van der Waals surface area contributed by atoms with Gasteiger partial charge in [0, 0.05) is 10.6 Å². The summed E-state index contributed by atoms with van der Waals surface area (Å²) in [4.78, 5) is 0. The van der Waals surface area contributed by atoms with Crippen LogP contribution in [0.25, 0.3) is 0 Å². The fourth-order valence-electron chi connectivity index (χ4n) is 2.77. The normalized spacial score (nSPS) is 10.6. The van der Waals surface area contributed by atoms with Crippen molar-refractivity contribution in [2.45, 2.75) is 0 Å². The molecule has 0 aromatic heterocycles. The third kappa shape index (κ3) is 3.62. The average Bonchev–Trinajstić information content (AvgIpc) is 2.69. The molecule has 0 N–H and O–H groups in total. The lowest BCUT2D eigenvalue weighted by atomic mass is 10.3. The smallest absolute Gasteiger partial charge is 0.127 e. The Bertz CT molecular complexity index is 783. The Morgan fingerprint density at radius 3 is 1.48 bits per heavy atom. The Morgan fingerprint density at radius 2 is 1.04 bits per heavy atom. The van der Waals surface area contributed by atoms with Gasteiger partial charge in [-0.3, -0.25) is 0 Å². The standard InChI is InChI=1S/C21H21O3P/c1-22-16-12-14-17(15-13-16)25(20-10-6-4-8-18(20)23-2)21-11-7-5-9-19(21)24-3/h4-15H,1-3H3. The highest BCUT2D eigenvalue weighted by molar-refractivity contribution is 7.80. The number of ether oxygens (including phenoxy) is 3. The van der Waals surface area contributed by atoms with Gasteiger partial charge in [-0.25, -0.2) is 0 Å². The highest BCUT2D eigenvalue weighted by Crippen LogP contribution is 2.39. The van der Waals surface area contributed by atoms with Gasteiger partial charge >= 0.3 is 0 Å². The molecule has 0 saturated carbocycles. The first kappa shape index (κ1) is 17.3. The Hall–Kier alpha value is -2.51. The molecule has 0 bridgehead atoms. The van der Waals surface area contributed by atoms with Crippen LogP contribution in [-0.2, 0) is 0 Å². The van der Waals surface area contributed by atoms with Gasteiger partial charge in [0.05, 0.1) is 21.3 Å². The van der Waals surface area contributed by atoms with Gasteiger partial charge in [0.2, 0.25) is 0 Å². The Kier molecular flexibility index (Phi) is 5.57. The second-order valence-electron chi connectivity index (χ2n) is 5.38. The van der Waals surface area contributed by atoms with Crippen molar-refractivity contribution in [3.05, 3.63) is 72.8 Å². The lowest BCUT2D eigenvalue weighted by Gasteiger charge is -2.23. The summed E-state index contributed by atoms with van der Waals surface area (Å²) in [5.41, 5.74) is 0. The highest BCUT2D eigenvalue weighted by Gasteiger charge is 2.23. The molecule has 3 aromatic carbocycles. The lowest BCUT2D eigenvalue weighted by molar-refractivity contribution is 0.415. The molecular weight excluding hydrogens is 331 g/mol. The van der Waals surface area contributed by atoms with Crippen molar-refractivity contribution in [3.63, 3.8) is 0 Å². The van der Waals surface area contributed by atoms with Gasteiger partial charge in [-0.2, -0.15) is 0 Å². The van der Waals surface area contributed by atoms with E-state index < -0.39 is 7.92 Å². The molecule has 0 amide bonds. The second-order valence-corrected chi connectivity index (χ2v) is 7.53. The summed E-state index contributed by atoms with van der Waals surface area (Å²) < 4.78 is 16.6. The van der Waals surface area contributed by atoms with Crippen LogP contribution < -0.4 is 30.1 Å². The first-order valence-electron chi connectivity index (χ1n) is 7.98. The van der Waals surface area contributed by atoms with E-state index in [9.17, 15) is 0 Å². The van der Waals surface area contributed by atoms with Crippen molar-refractivity contribution in [3.8, 4) is 17.2 Å². The number of methoxy groups -OCH3 is 3. The summed E-state index contributed by atoms with van der Waals surface area (Å²) in [7, 11) is 4.28.